The molecule has 2 bridgehead atoms. The average molecular weight is 461 g/mol. The third kappa shape index (κ3) is 2.56. The lowest BCUT2D eigenvalue weighted by atomic mass is 9.48. The van der Waals surface area contributed by atoms with Crippen LogP contribution < -0.4 is 4.74 Å². The first-order valence-corrected chi connectivity index (χ1v) is 12.7. The molecule has 2 aromatic carbocycles. The molecule has 3 fully saturated rings. The number of nitrogens with zero attached hydrogens (tertiary/aromatic N) is 2. The summed E-state index contributed by atoms with van der Waals surface area (Å²) in [6, 6.07) is 13.0. The number of benzene rings is 2. The summed E-state index contributed by atoms with van der Waals surface area (Å²) in [5.41, 5.74) is 1.32. The number of aromatic hydroxyl groups is 1. The molecular weight excluding hydrogens is 428 g/mol. The Balaban J connectivity index is 1.33. The highest BCUT2D eigenvalue weighted by atomic mass is 16.5. The number of hydrogen-bond donors (Lipinski definition) is 2. The van der Waals surface area contributed by atoms with Crippen molar-refractivity contribution in [3.8, 4) is 11.5 Å². The number of carbonyl (C=O) groups excluding carboxylic acids is 1. The first kappa shape index (κ1) is 20.8. The molecule has 1 amide bonds. The van der Waals surface area contributed by atoms with Crippen LogP contribution in [0.5, 0.6) is 11.5 Å². The Morgan fingerprint density at radius 1 is 1.15 bits per heavy atom. The Kier molecular flexibility index (Phi) is 4.27. The van der Waals surface area contributed by atoms with E-state index in [2.05, 4.69) is 4.90 Å². The van der Waals surface area contributed by atoms with Crippen LogP contribution in [0.1, 0.15) is 53.6 Å². The number of rotatable bonds is 4. The Morgan fingerprint density at radius 3 is 2.71 bits per heavy atom. The smallest absolute Gasteiger partial charge is 0.253 e. The summed E-state index contributed by atoms with van der Waals surface area (Å²) in [5.74, 6) is 1.40. The van der Waals surface area contributed by atoms with Crippen molar-refractivity contribution in [2.45, 2.75) is 67.7 Å². The first-order valence-electron chi connectivity index (χ1n) is 12.7. The SMILES string of the molecule is CN(C(=O)c1ccccc1)[C@H]1CC[C@@]2(O)[C@H]3Cc4ccc(O)c5c4[C@@]2(CCN3CC2CC2)[C@H]1O5. The van der Waals surface area contributed by atoms with E-state index < -0.39 is 11.0 Å². The van der Waals surface area contributed by atoms with Crippen molar-refractivity contribution in [3.05, 3.63) is 59.2 Å². The van der Waals surface area contributed by atoms with Gasteiger partial charge in [-0.1, -0.05) is 24.3 Å². The number of phenols is 1. The van der Waals surface area contributed by atoms with Gasteiger partial charge in [0, 0.05) is 30.8 Å². The van der Waals surface area contributed by atoms with Gasteiger partial charge in [0.2, 0.25) is 0 Å². The van der Waals surface area contributed by atoms with Gasteiger partial charge in [-0.25, -0.2) is 0 Å². The molecule has 6 nitrogen and oxygen atoms in total. The summed E-state index contributed by atoms with van der Waals surface area (Å²) >= 11 is 0. The van der Waals surface area contributed by atoms with Gasteiger partial charge in [-0.2, -0.15) is 0 Å². The normalized spacial score (nSPS) is 35.4. The van der Waals surface area contributed by atoms with Crippen LogP contribution in [0.3, 0.4) is 0 Å². The lowest BCUT2D eigenvalue weighted by molar-refractivity contribution is -0.197. The van der Waals surface area contributed by atoms with Crippen LogP contribution in [0, 0.1) is 5.92 Å². The number of aliphatic hydroxyl groups is 1. The molecule has 1 saturated heterocycles. The number of piperidine rings is 1. The number of amides is 1. The van der Waals surface area contributed by atoms with Crippen LogP contribution in [-0.4, -0.2) is 69.8 Å². The molecule has 2 aromatic rings. The maximum atomic E-state index is 13.4. The van der Waals surface area contributed by atoms with Gasteiger partial charge >= 0.3 is 0 Å². The van der Waals surface area contributed by atoms with Gasteiger partial charge in [-0.15, -0.1) is 0 Å². The molecule has 2 saturated carbocycles. The molecule has 5 aliphatic rings. The van der Waals surface area contributed by atoms with E-state index >= 15 is 0 Å². The Labute approximate surface area is 200 Å². The van der Waals surface area contributed by atoms with E-state index in [9.17, 15) is 15.0 Å². The number of hydrogen-bond acceptors (Lipinski definition) is 5. The molecule has 6 heteroatoms. The lowest BCUT2D eigenvalue weighted by Crippen LogP contribution is -2.78. The number of likely N-dealkylation sites (tertiary alicyclic amines) is 1. The van der Waals surface area contributed by atoms with Gasteiger partial charge in [0.1, 0.15) is 6.10 Å². The van der Waals surface area contributed by atoms with Crippen molar-refractivity contribution in [3.63, 3.8) is 0 Å². The molecule has 1 spiro atoms. The predicted molar refractivity (Wildman–Crippen MR) is 127 cm³/mol. The summed E-state index contributed by atoms with van der Waals surface area (Å²) in [5, 5.41) is 23.3. The second kappa shape index (κ2) is 6.98. The highest BCUT2D eigenvalue weighted by molar-refractivity contribution is 5.94. The van der Waals surface area contributed by atoms with E-state index in [4.69, 9.17) is 4.74 Å². The van der Waals surface area contributed by atoms with E-state index in [-0.39, 0.29) is 29.8 Å². The summed E-state index contributed by atoms with van der Waals surface area (Å²) < 4.78 is 6.60. The van der Waals surface area contributed by atoms with E-state index in [1.54, 1.807) is 6.07 Å². The molecule has 2 N–H and O–H groups in total. The van der Waals surface area contributed by atoms with Crippen molar-refractivity contribution in [2.24, 2.45) is 5.92 Å². The van der Waals surface area contributed by atoms with Gasteiger partial charge in [0.15, 0.2) is 11.5 Å². The van der Waals surface area contributed by atoms with Crippen LogP contribution in [0.2, 0.25) is 0 Å². The molecule has 7 rings (SSSR count). The molecule has 34 heavy (non-hydrogen) atoms. The summed E-state index contributed by atoms with van der Waals surface area (Å²) in [6.07, 6.45) is 5.08. The van der Waals surface area contributed by atoms with Gasteiger partial charge < -0.3 is 19.8 Å². The van der Waals surface area contributed by atoms with Crippen LogP contribution in [0.25, 0.3) is 0 Å². The van der Waals surface area contributed by atoms with Gasteiger partial charge in [-0.3, -0.25) is 9.69 Å². The van der Waals surface area contributed by atoms with Crippen molar-refractivity contribution < 1.29 is 19.7 Å². The maximum absolute atomic E-state index is 13.4. The third-order valence-electron chi connectivity index (χ3n) is 9.57. The van der Waals surface area contributed by atoms with Gasteiger partial charge in [0.05, 0.1) is 17.1 Å². The molecular formula is C28H32N2O4. The van der Waals surface area contributed by atoms with E-state index in [1.807, 2.05) is 48.3 Å². The molecule has 178 valence electrons. The quantitative estimate of drug-likeness (QED) is 0.734. The zero-order valence-electron chi connectivity index (χ0n) is 19.6. The van der Waals surface area contributed by atoms with Crippen molar-refractivity contribution >= 4 is 5.91 Å². The van der Waals surface area contributed by atoms with Crippen LogP contribution >= 0.6 is 0 Å². The highest BCUT2D eigenvalue weighted by Gasteiger charge is 2.73. The van der Waals surface area contributed by atoms with Gasteiger partial charge in [0.25, 0.3) is 5.91 Å². The molecule has 0 unspecified atom stereocenters. The fraction of sp³-hybridized carbons (Fsp3) is 0.536. The van der Waals surface area contributed by atoms with Crippen molar-refractivity contribution in [2.75, 3.05) is 20.1 Å². The number of phenolic OH excluding ortho intramolecular Hbond substituents is 1. The molecule has 3 aliphatic carbocycles. The van der Waals surface area contributed by atoms with Crippen LogP contribution in [0.4, 0.5) is 0 Å². The predicted octanol–water partition coefficient (Wildman–Crippen LogP) is 3.10. The van der Waals surface area contributed by atoms with E-state index in [0.717, 1.165) is 37.4 Å². The van der Waals surface area contributed by atoms with E-state index in [1.165, 1.54) is 18.4 Å². The Hall–Kier alpha value is -2.57. The fourth-order valence-corrected chi connectivity index (χ4v) is 7.79. The van der Waals surface area contributed by atoms with Crippen LogP contribution in [-0.2, 0) is 11.8 Å². The zero-order valence-corrected chi connectivity index (χ0v) is 19.6. The minimum atomic E-state index is -0.927. The lowest BCUT2D eigenvalue weighted by Gasteiger charge is -2.64. The Bertz CT molecular complexity index is 1160. The summed E-state index contributed by atoms with van der Waals surface area (Å²) in [7, 11) is 1.86. The summed E-state index contributed by atoms with van der Waals surface area (Å²) in [6.45, 7) is 1.98. The average Bonchev–Trinajstić information content (AvgIpc) is 3.59. The monoisotopic (exact) mass is 460 g/mol. The molecule has 0 aromatic heterocycles. The van der Waals surface area contributed by atoms with Gasteiger partial charge in [-0.05, 0) is 74.8 Å². The second-order valence-corrected chi connectivity index (χ2v) is 11.2. The van der Waals surface area contributed by atoms with Crippen LogP contribution in [0.15, 0.2) is 42.5 Å². The number of carbonyl (C=O) groups is 1. The maximum Gasteiger partial charge on any atom is 0.253 e. The summed E-state index contributed by atoms with van der Waals surface area (Å²) in [4.78, 5) is 17.8. The fourth-order valence-electron chi connectivity index (χ4n) is 7.79. The molecule has 2 aliphatic heterocycles. The Morgan fingerprint density at radius 2 is 1.94 bits per heavy atom. The zero-order chi connectivity index (χ0) is 23.2. The minimum absolute atomic E-state index is 0.0324. The molecule has 2 heterocycles. The molecule has 5 atom stereocenters. The topological polar surface area (TPSA) is 73.2 Å². The number of ether oxygens (including phenoxy) is 1. The largest absolute Gasteiger partial charge is 0.504 e. The van der Waals surface area contributed by atoms with E-state index in [0.29, 0.717) is 24.2 Å². The second-order valence-electron chi connectivity index (χ2n) is 11.2. The number of likely N-dealkylation sites (N-methyl/N-ethyl adjacent to an activating group) is 1. The third-order valence-corrected chi connectivity index (χ3v) is 9.57. The minimum Gasteiger partial charge on any atom is -0.504 e. The van der Waals surface area contributed by atoms with Crippen molar-refractivity contribution in [1.29, 1.82) is 0 Å². The highest BCUT2D eigenvalue weighted by Crippen LogP contribution is 2.66. The van der Waals surface area contributed by atoms with Crippen molar-refractivity contribution in [1.82, 2.24) is 9.80 Å². The molecule has 0 radical (unpaired) electrons. The first-order chi connectivity index (χ1) is 16.4. The standard InChI is InChI=1S/C28H32N2O4/c1-29(26(32)18-5-3-2-4-6-18)20-11-12-28(33)22-15-19-9-10-21(31)24-23(19)27(28,25(20)34-24)13-14-30(22)16-17-7-8-17/h2-6,9-10,17,20,22,25,31,33H,7-8,11-16H2,1H3/t20-,22+,25-,27-,28+/m0/s1.